The summed E-state index contributed by atoms with van der Waals surface area (Å²) in [5.74, 6) is -3.42. The summed E-state index contributed by atoms with van der Waals surface area (Å²) in [5, 5.41) is 0. The van der Waals surface area contributed by atoms with Crippen molar-refractivity contribution in [2.24, 2.45) is 5.73 Å². The van der Waals surface area contributed by atoms with E-state index in [-0.39, 0.29) is 0 Å². The van der Waals surface area contributed by atoms with Crippen molar-refractivity contribution >= 4 is 10.0 Å². The molecule has 1 rings (SSSR count). The molecule has 0 aliphatic carbocycles. The lowest BCUT2D eigenvalue weighted by Crippen LogP contribution is -2.31. The summed E-state index contributed by atoms with van der Waals surface area (Å²) in [6.45, 7) is 1.87. The van der Waals surface area contributed by atoms with Gasteiger partial charge in [-0.3, -0.25) is 0 Å². The van der Waals surface area contributed by atoms with Gasteiger partial charge in [0, 0.05) is 12.6 Å². The van der Waals surface area contributed by atoms with Crippen molar-refractivity contribution < 1.29 is 17.2 Å². The van der Waals surface area contributed by atoms with Gasteiger partial charge < -0.3 is 5.73 Å². The molecule has 0 bridgehead atoms. The number of nitrogens with one attached hydrogen (secondary N) is 1. The highest BCUT2D eigenvalue weighted by atomic mass is 32.2. The van der Waals surface area contributed by atoms with Crippen LogP contribution < -0.4 is 10.5 Å². The topological polar surface area (TPSA) is 72.2 Å². The van der Waals surface area contributed by atoms with E-state index in [2.05, 4.69) is 0 Å². The van der Waals surface area contributed by atoms with Crippen LogP contribution in [-0.4, -0.2) is 14.2 Å². The Morgan fingerprint density at radius 1 is 1.29 bits per heavy atom. The molecule has 0 aliphatic rings. The van der Waals surface area contributed by atoms with Crippen molar-refractivity contribution in [1.29, 1.82) is 0 Å². The van der Waals surface area contributed by atoms with E-state index in [4.69, 9.17) is 5.73 Å². The molecule has 0 saturated heterocycles. The van der Waals surface area contributed by atoms with Crippen molar-refractivity contribution in [3.63, 3.8) is 0 Å². The zero-order chi connectivity index (χ0) is 13.1. The molecule has 0 aromatic heterocycles. The Bertz CT molecular complexity index is 460. The van der Waals surface area contributed by atoms with Crippen molar-refractivity contribution in [1.82, 2.24) is 4.72 Å². The molecule has 0 saturated carbocycles. The summed E-state index contributed by atoms with van der Waals surface area (Å²) in [6, 6.07) is 6.05. The molecule has 0 radical (unpaired) electrons. The van der Waals surface area contributed by atoms with Gasteiger partial charge in [0.05, 0.1) is 0 Å². The second-order valence-electron chi connectivity index (χ2n) is 3.59. The minimum Gasteiger partial charge on any atom is -0.326 e. The van der Waals surface area contributed by atoms with E-state index >= 15 is 0 Å². The van der Waals surface area contributed by atoms with Gasteiger partial charge in [-0.2, -0.15) is 8.78 Å². The molecule has 17 heavy (non-hydrogen) atoms. The van der Waals surface area contributed by atoms with Crippen LogP contribution in [0, 0.1) is 0 Å². The molecular formula is C10H14F2N2O2S. The molecule has 7 heteroatoms. The molecule has 4 nitrogen and oxygen atoms in total. The van der Waals surface area contributed by atoms with Gasteiger partial charge in [-0.15, -0.1) is 0 Å². The van der Waals surface area contributed by atoms with Gasteiger partial charge in [0.1, 0.15) is 0 Å². The molecule has 3 N–H and O–H groups in total. The first kappa shape index (κ1) is 14.0. The van der Waals surface area contributed by atoms with Crippen LogP contribution in [0.4, 0.5) is 8.78 Å². The SMILES string of the molecule is CC(NS(=O)(=O)C(F)F)c1ccc(CN)cc1. The van der Waals surface area contributed by atoms with E-state index in [9.17, 15) is 17.2 Å². The molecule has 0 fully saturated rings. The standard InChI is InChI=1S/C10H14F2N2O2S/c1-7(14-17(15,16)10(11)12)9-4-2-8(6-13)3-5-9/h2-5,7,10,14H,6,13H2,1H3. The fourth-order valence-corrected chi connectivity index (χ4v) is 2.04. The summed E-state index contributed by atoms with van der Waals surface area (Å²) in [5.41, 5.74) is 6.90. The molecule has 1 atom stereocenters. The smallest absolute Gasteiger partial charge is 0.326 e. The quantitative estimate of drug-likeness (QED) is 0.843. The first-order valence-electron chi connectivity index (χ1n) is 4.95. The molecule has 0 amide bonds. The number of sulfonamides is 1. The second-order valence-corrected chi connectivity index (χ2v) is 5.27. The van der Waals surface area contributed by atoms with Gasteiger partial charge in [-0.25, -0.2) is 13.1 Å². The van der Waals surface area contributed by atoms with Crippen LogP contribution in [-0.2, 0) is 16.6 Å². The first-order chi connectivity index (χ1) is 7.86. The highest BCUT2D eigenvalue weighted by molar-refractivity contribution is 7.89. The largest absolute Gasteiger partial charge is 0.350 e. The Kier molecular flexibility index (Phi) is 4.55. The minimum absolute atomic E-state index is 0.372. The van der Waals surface area contributed by atoms with Crippen LogP contribution in [0.25, 0.3) is 0 Å². The zero-order valence-corrected chi connectivity index (χ0v) is 10.0. The van der Waals surface area contributed by atoms with Crippen LogP contribution in [0.3, 0.4) is 0 Å². The lowest BCUT2D eigenvalue weighted by molar-refractivity contribution is 0.231. The van der Waals surface area contributed by atoms with Crippen molar-refractivity contribution in [3.8, 4) is 0 Å². The summed E-state index contributed by atoms with van der Waals surface area (Å²) >= 11 is 0. The third kappa shape index (κ3) is 3.72. The number of hydrogen-bond donors (Lipinski definition) is 2. The van der Waals surface area contributed by atoms with Gasteiger partial charge in [0.15, 0.2) is 0 Å². The molecule has 1 unspecified atom stereocenters. The number of halogens is 2. The summed E-state index contributed by atoms with van der Waals surface area (Å²) in [4.78, 5) is 0. The fourth-order valence-electron chi connectivity index (χ4n) is 1.31. The number of benzene rings is 1. The maximum Gasteiger partial charge on any atom is 0.350 e. The van der Waals surface area contributed by atoms with Gasteiger partial charge >= 0.3 is 5.76 Å². The Morgan fingerprint density at radius 2 is 1.82 bits per heavy atom. The van der Waals surface area contributed by atoms with Crippen molar-refractivity contribution in [3.05, 3.63) is 35.4 Å². The lowest BCUT2D eigenvalue weighted by Gasteiger charge is -2.14. The zero-order valence-electron chi connectivity index (χ0n) is 9.23. The van der Waals surface area contributed by atoms with Crippen molar-refractivity contribution in [2.75, 3.05) is 0 Å². The van der Waals surface area contributed by atoms with Crippen LogP contribution in [0.5, 0.6) is 0 Å². The Balaban J connectivity index is 2.80. The molecule has 1 aromatic rings. The minimum atomic E-state index is -4.57. The molecule has 96 valence electrons. The highest BCUT2D eigenvalue weighted by Gasteiger charge is 2.25. The molecule has 0 heterocycles. The van der Waals surface area contributed by atoms with E-state index in [1.807, 2.05) is 4.72 Å². The van der Waals surface area contributed by atoms with E-state index < -0.39 is 21.8 Å². The Hall–Kier alpha value is -1.05. The van der Waals surface area contributed by atoms with Crippen LogP contribution >= 0.6 is 0 Å². The fraction of sp³-hybridized carbons (Fsp3) is 0.400. The molecule has 1 aromatic carbocycles. The maximum atomic E-state index is 12.1. The number of alkyl halides is 2. The van der Waals surface area contributed by atoms with E-state index in [0.717, 1.165) is 5.56 Å². The average Bonchev–Trinajstić information content (AvgIpc) is 2.28. The predicted molar refractivity (Wildman–Crippen MR) is 60.8 cm³/mol. The third-order valence-corrected chi connectivity index (χ3v) is 3.44. The van der Waals surface area contributed by atoms with E-state index in [1.165, 1.54) is 6.92 Å². The van der Waals surface area contributed by atoms with E-state index in [0.29, 0.717) is 12.1 Å². The summed E-state index contributed by atoms with van der Waals surface area (Å²) < 4.78 is 48.1. The lowest BCUT2D eigenvalue weighted by atomic mass is 10.1. The van der Waals surface area contributed by atoms with Crippen LogP contribution in [0.2, 0.25) is 0 Å². The summed E-state index contributed by atoms with van der Waals surface area (Å²) in [7, 11) is -4.57. The van der Waals surface area contributed by atoms with Gasteiger partial charge in [0.2, 0.25) is 0 Å². The Morgan fingerprint density at radius 3 is 2.24 bits per heavy atom. The van der Waals surface area contributed by atoms with Gasteiger partial charge in [-0.1, -0.05) is 24.3 Å². The Labute approximate surface area is 98.9 Å². The number of hydrogen-bond acceptors (Lipinski definition) is 3. The maximum absolute atomic E-state index is 12.1. The van der Waals surface area contributed by atoms with E-state index in [1.54, 1.807) is 24.3 Å². The number of rotatable bonds is 5. The second kappa shape index (κ2) is 5.52. The van der Waals surface area contributed by atoms with Gasteiger partial charge in [0.25, 0.3) is 10.0 Å². The highest BCUT2D eigenvalue weighted by Crippen LogP contribution is 2.16. The summed E-state index contributed by atoms with van der Waals surface area (Å²) in [6.07, 6.45) is 0. The van der Waals surface area contributed by atoms with Crippen LogP contribution in [0.15, 0.2) is 24.3 Å². The van der Waals surface area contributed by atoms with Gasteiger partial charge in [-0.05, 0) is 18.1 Å². The average molecular weight is 264 g/mol. The first-order valence-corrected chi connectivity index (χ1v) is 6.49. The molecule has 0 aliphatic heterocycles. The van der Waals surface area contributed by atoms with Crippen molar-refractivity contribution in [2.45, 2.75) is 25.3 Å². The monoisotopic (exact) mass is 264 g/mol. The predicted octanol–water partition coefficient (Wildman–Crippen LogP) is 1.35. The molecule has 0 spiro atoms. The normalized spacial score (nSPS) is 13.9. The van der Waals surface area contributed by atoms with Crippen LogP contribution in [0.1, 0.15) is 24.1 Å². The third-order valence-electron chi connectivity index (χ3n) is 2.29. The molecular weight excluding hydrogens is 250 g/mol. The number of nitrogens with two attached hydrogens (primary N) is 1.